The molecule has 0 fully saturated rings. The predicted molar refractivity (Wildman–Crippen MR) is 129 cm³/mol. The molecule has 32 heavy (non-hydrogen) atoms. The molecule has 1 atom stereocenters. The van der Waals surface area contributed by atoms with E-state index in [9.17, 15) is 14.4 Å². The van der Waals surface area contributed by atoms with E-state index in [0.29, 0.717) is 21.7 Å². The Morgan fingerprint density at radius 3 is 2.44 bits per heavy atom. The third-order valence-corrected chi connectivity index (χ3v) is 5.99. The summed E-state index contributed by atoms with van der Waals surface area (Å²) in [7, 11) is 0. The molecule has 0 aliphatic carbocycles. The molecular formula is C24H28N4O3S. The van der Waals surface area contributed by atoms with Crippen LogP contribution in [0.15, 0.2) is 52.4 Å². The van der Waals surface area contributed by atoms with Gasteiger partial charge < -0.3 is 5.32 Å². The zero-order valence-corrected chi connectivity index (χ0v) is 20.0. The largest absolute Gasteiger partial charge is 0.333 e. The van der Waals surface area contributed by atoms with Gasteiger partial charge in [-0.15, -0.1) is 0 Å². The fourth-order valence-electron chi connectivity index (χ4n) is 3.18. The highest BCUT2D eigenvalue weighted by Crippen LogP contribution is 2.27. The molecule has 2 aromatic carbocycles. The lowest BCUT2D eigenvalue weighted by Crippen LogP contribution is -2.49. The van der Waals surface area contributed by atoms with Crippen molar-refractivity contribution in [3.8, 4) is 5.69 Å². The van der Waals surface area contributed by atoms with Gasteiger partial charge in [0.2, 0.25) is 5.91 Å². The van der Waals surface area contributed by atoms with Gasteiger partial charge in [0, 0.05) is 5.54 Å². The average Bonchev–Trinajstić information content (AvgIpc) is 2.69. The number of nitrogens with one attached hydrogen (secondary N) is 2. The predicted octanol–water partition coefficient (Wildman–Crippen LogP) is 4.11. The van der Waals surface area contributed by atoms with Crippen molar-refractivity contribution in [3.05, 3.63) is 63.9 Å². The van der Waals surface area contributed by atoms with Crippen LogP contribution in [0.1, 0.15) is 38.8 Å². The van der Waals surface area contributed by atoms with E-state index < -0.39 is 22.7 Å². The number of thioether (sulfide) groups is 1. The molecule has 0 saturated heterocycles. The van der Waals surface area contributed by atoms with Crippen LogP contribution >= 0.6 is 11.8 Å². The molecule has 0 radical (unpaired) electrons. The van der Waals surface area contributed by atoms with E-state index in [1.165, 1.54) is 0 Å². The molecule has 0 aliphatic heterocycles. The number of aryl methyl sites for hydroxylation is 1. The number of rotatable bonds is 4. The summed E-state index contributed by atoms with van der Waals surface area (Å²) in [5.74, 6) is -0.466. The first-order chi connectivity index (χ1) is 15.0. The number of imide groups is 1. The van der Waals surface area contributed by atoms with E-state index in [1.54, 1.807) is 29.7 Å². The SMILES string of the molecule is Cc1cccc(-n2c(SC(C)C(=O)NC(=O)NC(C)(C)C)nc3ccccc3c2=O)c1C. The Kier molecular flexibility index (Phi) is 6.74. The van der Waals surface area contributed by atoms with Crippen LogP contribution in [0, 0.1) is 13.8 Å². The number of fused-ring (bicyclic) bond motifs is 1. The molecule has 2 N–H and O–H groups in total. The summed E-state index contributed by atoms with van der Waals surface area (Å²) in [6.45, 7) is 11.1. The minimum absolute atomic E-state index is 0.204. The zero-order chi connectivity index (χ0) is 23.6. The van der Waals surface area contributed by atoms with Crippen molar-refractivity contribution < 1.29 is 9.59 Å². The van der Waals surface area contributed by atoms with Crippen molar-refractivity contribution in [2.75, 3.05) is 0 Å². The second-order valence-corrected chi connectivity index (χ2v) is 10.0. The Morgan fingerprint density at radius 1 is 1.06 bits per heavy atom. The molecule has 0 spiro atoms. The molecule has 1 aromatic heterocycles. The molecule has 1 unspecified atom stereocenters. The normalized spacial score (nSPS) is 12.4. The molecular weight excluding hydrogens is 424 g/mol. The van der Waals surface area contributed by atoms with Crippen molar-refractivity contribution in [1.82, 2.24) is 20.2 Å². The molecule has 3 rings (SSSR count). The Hall–Kier alpha value is -3.13. The summed E-state index contributed by atoms with van der Waals surface area (Å²) in [4.78, 5) is 42.9. The number of carbonyl (C=O) groups is 2. The molecule has 168 valence electrons. The maximum absolute atomic E-state index is 13.4. The number of nitrogens with zero attached hydrogens (tertiary/aromatic N) is 2. The molecule has 0 bridgehead atoms. The summed E-state index contributed by atoms with van der Waals surface area (Å²) in [6, 6.07) is 12.3. The number of benzene rings is 2. The van der Waals surface area contributed by atoms with Crippen molar-refractivity contribution in [1.29, 1.82) is 0 Å². The highest BCUT2D eigenvalue weighted by atomic mass is 32.2. The van der Waals surface area contributed by atoms with Crippen LogP contribution in [-0.4, -0.2) is 32.3 Å². The minimum Gasteiger partial charge on any atom is -0.333 e. The van der Waals surface area contributed by atoms with Gasteiger partial charge in [0.05, 0.1) is 21.8 Å². The van der Waals surface area contributed by atoms with Gasteiger partial charge in [0.1, 0.15) is 0 Å². The van der Waals surface area contributed by atoms with Gasteiger partial charge >= 0.3 is 6.03 Å². The fraction of sp³-hybridized carbons (Fsp3) is 0.333. The van der Waals surface area contributed by atoms with Crippen LogP contribution < -0.4 is 16.2 Å². The monoisotopic (exact) mass is 452 g/mol. The lowest BCUT2D eigenvalue weighted by atomic mass is 10.1. The maximum Gasteiger partial charge on any atom is 0.321 e. The molecule has 1 heterocycles. The molecule has 3 aromatic rings. The van der Waals surface area contributed by atoms with Crippen LogP contribution in [0.25, 0.3) is 16.6 Å². The molecule has 0 aliphatic rings. The Morgan fingerprint density at radius 2 is 1.75 bits per heavy atom. The highest BCUT2D eigenvalue weighted by Gasteiger charge is 2.23. The van der Waals surface area contributed by atoms with Gasteiger partial charge in [0.15, 0.2) is 5.16 Å². The number of amides is 3. The van der Waals surface area contributed by atoms with Crippen LogP contribution in [-0.2, 0) is 4.79 Å². The smallest absolute Gasteiger partial charge is 0.321 e. The Bertz CT molecular complexity index is 1240. The number of carbonyl (C=O) groups excluding carboxylic acids is 2. The van der Waals surface area contributed by atoms with Gasteiger partial charge in [-0.1, -0.05) is 36.0 Å². The highest BCUT2D eigenvalue weighted by molar-refractivity contribution is 8.00. The molecule has 3 amide bonds. The molecule has 0 saturated carbocycles. The van der Waals surface area contributed by atoms with E-state index in [2.05, 4.69) is 15.6 Å². The summed E-state index contributed by atoms with van der Waals surface area (Å²) >= 11 is 1.14. The molecule has 7 nitrogen and oxygen atoms in total. The summed E-state index contributed by atoms with van der Waals surface area (Å²) < 4.78 is 1.55. The third kappa shape index (κ3) is 5.19. The van der Waals surface area contributed by atoms with Crippen molar-refractivity contribution in [2.45, 2.75) is 57.5 Å². The summed E-state index contributed by atoms with van der Waals surface area (Å²) in [5.41, 5.74) is 2.60. The second kappa shape index (κ2) is 9.16. The zero-order valence-electron chi connectivity index (χ0n) is 19.1. The second-order valence-electron chi connectivity index (χ2n) is 8.72. The summed E-state index contributed by atoms with van der Waals surface area (Å²) in [5, 5.41) is 5.29. The number of urea groups is 1. The number of aromatic nitrogens is 2. The van der Waals surface area contributed by atoms with Gasteiger partial charge in [-0.05, 0) is 70.9 Å². The van der Waals surface area contributed by atoms with Crippen molar-refractivity contribution in [3.63, 3.8) is 0 Å². The van der Waals surface area contributed by atoms with Crippen molar-refractivity contribution in [2.24, 2.45) is 0 Å². The van der Waals surface area contributed by atoms with E-state index in [-0.39, 0.29) is 5.56 Å². The molecule has 8 heteroatoms. The van der Waals surface area contributed by atoms with E-state index in [4.69, 9.17) is 0 Å². The van der Waals surface area contributed by atoms with Gasteiger partial charge in [-0.25, -0.2) is 9.78 Å². The van der Waals surface area contributed by atoms with E-state index in [0.717, 1.165) is 22.9 Å². The van der Waals surface area contributed by atoms with E-state index >= 15 is 0 Å². The minimum atomic E-state index is -0.662. The number of hydrogen-bond donors (Lipinski definition) is 2. The number of hydrogen-bond acceptors (Lipinski definition) is 5. The van der Waals surface area contributed by atoms with E-state index in [1.807, 2.05) is 58.9 Å². The maximum atomic E-state index is 13.4. The van der Waals surface area contributed by atoms with Crippen LogP contribution in [0.2, 0.25) is 0 Å². The fourth-order valence-corrected chi connectivity index (χ4v) is 4.10. The van der Waals surface area contributed by atoms with Crippen molar-refractivity contribution >= 4 is 34.6 Å². The van der Waals surface area contributed by atoms with Crippen LogP contribution in [0.3, 0.4) is 0 Å². The Balaban J connectivity index is 2.02. The number of para-hydroxylation sites is 1. The topological polar surface area (TPSA) is 93.1 Å². The first-order valence-corrected chi connectivity index (χ1v) is 11.2. The van der Waals surface area contributed by atoms with Gasteiger partial charge in [-0.2, -0.15) is 0 Å². The van der Waals surface area contributed by atoms with Crippen LogP contribution in [0.4, 0.5) is 4.79 Å². The Labute approximate surface area is 191 Å². The average molecular weight is 453 g/mol. The first-order valence-electron chi connectivity index (χ1n) is 10.4. The van der Waals surface area contributed by atoms with Gasteiger partial charge in [0.25, 0.3) is 5.56 Å². The quantitative estimate of drug-likeness (QED) is 0.459. The van der Waals surface area contributed by atoms with Gasteiger partial charge in [-0.3, -0.25) is 19.5 Å². The standard InChI is InChI=1S/C24H28N4O3S/c1-14-10-9-13-19(15(14)2)28-21(30)17-11-7-8-12-18(17)25-23(28)32-16(3)20(29)26-22(31)27-24(4,5)6/h7-13,16H,1-6H3,(H2,26,27,29,31). The van der Waals surface area contributed by atoms with Crippen LogP contribution in [0.5, 0.6) is 0 Å². The lowest BCUT2D eigenvalue weighted by molar-refractivity contribution is -0.119. The lowest BCUT2D eigenvalue weighted by Gasteiger charge is -2.21. The first kappa shape index (κ1) is 23.5. The third-order valence-electron chi connectivity index (χ3n) is 4.94. The summed E-state index contributed by atoms with van der Waals surface area (Å²) in [6.07, 6.45) is 0.